The molecule has 0 atom stereocenters. The van der Waals surface area contributed by atoms with Crippen LogP contribution in [-0.4, -0.2) is 21.0 Å². The minimum absolute atomic E-state index is 0.00394. The van der Waals surface area contributed by atoms with Crippen molar-refractivity contribution in [1.29, 1.82) is 0 Å². The minimum atomic E-state index is 0.00394. The fourth-order valence-corrected chi connectivity index (χ4v) is 1.78. The maximum absolute atomic E-state index is 11.7. The van der Waals surface area contributed by atoms with E-state index in [-0.39, 0.29) is 11.8 Å². The monoisotopic (exact) mass is 288 g/mol. The molecule has 6 nitrogen and oxygen atoms in total. The Balaban J connectivity index is 1.67. The third-order valence-electron chi connectivity index (χ3n) is 2.99. The van der Waals surface area contributed by atoms with E-state index in [0.29, 0.717) is 37.5 Å². The molecule has 21 heavy (non-hydrogen) atoms. The molecule has 0 aliphatic heterocycles. The predicted molar refractivity (Wildman–Crippen MR) is 77.4 cm³/mol. The number of rotatable bonds is 7. The van der Waals surface area contributed by atoms with Crippen LogP contribution >= 0.6 is 0 Å². The van der Waals surface area contributed by atoms with Crippen LogP contribution in [0.1, 0.15) is 50.0 Å². The van der Waals surface area contributed by atoms with Gasteiger partial charge in [-0.05, 0) is 18.6 Å². The highest BCUT2D eigenvalue weighted by Crippen LogP contribution is 2.11. The van der Waals surface area contributed by atoms with Gasteiger partial charge < -0.3 is 9.84 Å². The SMILES string of the molecule is CC(C)c1noc(CCCC(=O)NCc2ccccn2)n1. The topological polar surface area (TPSA) is 80.9 Å². The van der Waals surface area contributed by atoms with Crippen LogP contribution in [0.3, 0.4) is 0 Å². The highest BCUT2D eigenvalue weighted by Gasteiger charge is 2.10. The number of amides is 1. The van der Waals surface area contributed by atoms with Crippen LogP contribution in [0.15, 0.2) is 28.9 Å². The average molecular weight is 288 g/mol. The van der Waals surface area contributed by atoms with Crippen LogP contribution in [-0.2, 0) is 17.8 Å². The summed E-state index contributed by atoms with van der Waals surface area (Å²) in [5, 5.41) is 6.74. The molecule has 1 N–H and O–H groups in total. The van der Waals surface area contributed by atoms with Gasteiger partial charge in [0.15, 0.2) is 5.82 Å². The van der Waals surface area contributed by atoms with Gasteiger partial charge in [-0.3, -0.25) is 9.78 Å². The molecular weight excluding hydrogens is 268 g/mol. The lowest BCUT2D eigenvalue weighted by atomic mass is 10.2. The summed E-state index contributed by atoms with van der Waals surface area (Å²) >= 11 is 0. The van der Waals surface area contributed by atoms with E-state index in [9.17, 15) is 4.79 Å². The van der Waals surface area contributed by atoms with E-state index in [1.807, 2.05) is 32.0 Å². The zero-order valence-electron chi connectivity index (χ0n) is 12.4. The van der Waals surface area contributed by atoms with Crippen molar-refractivity contribution in [1.82, 2.24) is 20.4 Å². The summed E-state index contributed by atoms with van der Waals surface area (Å²) in [5.41, 5.74) is 0.851. The highest BCUT2D eigenvalue weighted by molar-refractivity contribution is 5.75. The van der Waals surface area contributed by atoms with E-state index < -0.39 is 0 Å². The van der Waals surface area contributed by atoms with Crippen LogP contribution in [0.25, 0.3) is 0 Å². The van der Waals surface area contributed by atoms with Gasteiger partial charge in [-0.1, -0.05) is 25.1 Å². The molecule has 0 radical (unpaired) electrons. The summed E-state index contributed by atoms with van der Waals surface area (Å²) in [6, 6.07) is 5.63. The summed E-state index contributed by atoms with van der Waals surface area (Å²) in [6.07, 6.45) is 3.46. The number of nitrogens with zero attached hydrogens (tertiary/aromatic N) is 3. The molecular formula is C15H20N4O2. The first kappa shape index (κ1) is 15.2. The lowest BCUT2D eigenvalue weighted by Gasteiger charge is -2.03. The number of hydrogen-bond donors (Lipinski definition) is 1. The van der Waals surface area contributed by atoms with E-state index in [1.54, 1.807) is 6.20 Å². The van der Waals surface area contributed by atoms with Crippen molar-refractivity contribution in [3.8, 4) is 0 Å². The molecule has 6 heteroatoms. The van der Waals surface area contributed by atoms with Gasteiger partial charge in [0.2, 0.25) is 11.8 Å². The summed E-state index contributed by atoms with van der Waals surface area (Å²) in [6.45, 7) is 4.48. The predicted octanol–water partition coefficient (Wildman–Crippen LogP) is 2.23. The Morgan fingerprint density at radius 2 is 2.24 bits per heavy atom. The van der Waals surface area contributed by atoms with Crippen LogP contribution in [0.5, 0.6) is 0 Å². The van der Waals surface area contributed by atoms with Crippen molar-refractivity contribution in [3.05, 3.63) is 41.8 Å². The van der Waals surface area contributed by atoms with Crippen molar-refractivity contribution in [3.63, 3.8) is 0 Å². The first-order valence-electron chi connectivity index (χ1n) is 7.14. The zero-order chi connectivity index (χ0) is 15.1. The second-order valence-electron chi connectivity index (χ2n) is 5.15. The number of carbonyl (C=O) groups is 1. The molecule has 2 heterocycles. The number of aryl methyl sites for hydroxylation is 1. The first-order valence-corrected chi connectivity index (χ1v) is 7.14. The molecule has 0 bridgehead atoms. The molecule has 0 aliphatic rings. The Kier molecular flexibility index (Phi) is 5.43. The van der Waals surface area contributed by atoms with Gasteiger partial charge in [-0.2, -0.15) is 4.98 Å². The molecule has 0 aliphatic carbocycles. The molecule has 112 valence electrons. The number of hydrogen-bond acceptors (Lipinski definition) is 5. The van der Waals surface area contributed by atoms with Crippen molar-refractivity contribution in [2.45, 2.75) is 45.6 Å². The molecule has 2 aromatic heterocycles. The summed E-state index contributed by atoms with van der Waals surface area (Å²) in [4.78, 5) is 20.1. The number of pyridine rings is 1. The molecule has 0 unspecified atom stereocenters. The molecule has 0 saturated heterocycles. The average Bonchev–Trinajstić information content (AvgIpc) is 2.95. The van der Waals surface area contributed by atoms with Crippen LogP contribution in [0.2, 0.25) is 0 Å². The molecule has 0 saturated carbocycles. The Labute approximate surface area is 124 Å². The van der Waals surface area contributed by atoms with Crippen LogP contribution in [0, 0.1) is 0 Å². The third-order valence-corrected chi connectivity index (χ3v) is 2.99. The van der Waals surface area contributed by atoms with Crippen molar-refractivity contribution < 1.29 is 9.32 Å². The lowest BCUT2D eigenvalue weighted by molar-refractivity contribution is -0.121. The van der Waals surface area contributed by atoms with Gasteiger partial charge in [0, 0.05) is 25.0 Å². The van der Waals surface area contributed by atoms with Crippen molar-refractivity contribution in [2.24, 2.45) is 0 Å². The zero-order valence-corrected chi connectivity index (χ0v) is 12.4. The highest BCUT2D eigenvalue weighted by atomic mass is 16.5. The second-order valence-corrected chi connectivity index (χ2v) is 5.15. The molecule has 2 aromatic rings. The van der Waals surface area contributed by atoms with Crippen LogP contribution < -0.4 is 5.32 Å². The van der Waals surface area contributed by atoms with Gasteiger partial charge in [0.1, 0.15) is 0 Å². The Hall–Kier alpha value is -2.24. The lowest BCUT2D eigenvalue weighted by Crippen LogP contribution is -2.22. The van der Waals surface area contributed by atoms with Gasteiger partial charge in [0.25, 0.3) is 0 Å². The Morgan fingerprint density at radius 3 is 2.90 bits per heavy atom. The third kappa shape index (κ3) is 4.98. The van der Waals surface area contributed by atoms with E-state index in [0.717, 1.165) is 5.69 Å². The quantitative estimate of drug-likeness (QED) is 0.845. The largest absolute Gasteiger partial charge is 0.350 e. The van der Waals surface area contributed by atoms with Crippen molar-refractivity contribution >= 4 is 5.91 Å². The fraction of sp³-hybridized carbons (Fsp3) is 0.467. The van der Waals surface area contributed by atoms with Gasteiger partial charge >= 0.3 is 0 Å². The standard InChI is InChI=1S/C15H20N4O2/c1-11(2)15-18-14(21-19-15)8-5-7-13(20)17-10-12-6-3-4-9-16-12/h3-4,6,9,11H,5,7-8,10H2,1-2H3,(H,17,20). The number of carbonyl (C=O) groups excluding carboxylic acids is 1. The normalized spacial score (nSPS) is 10.8. The molecule has 0 spiro atoms. The Bertz CT molecular complexity index is 566. The Morgan fingerprint density at radius 1 is 1.38 bits per heavy atom. The van der Waals surface area contributed by atoms with Gasteiger partial charge in [-0.15, -0.1) is 0 Å². The van der Waals surface area contributed by atoms with E-state index >= 15 is 0 Å². The maximum Gasteiger partial charge on any atom is 0.226 e. The smallest absolute Gasteiger partial charge is 0.226 e. The van der Waals surface area contributed by atoms with Crippen molar-refractivity contribution in [2.75, 3.05) is 0 Å². The van der Waals surface area contributed by atoms with E-state index in [1.165, 1.54) is 0 Å². The second kappa shape index (κ2) is 7.52. The fourth-order valence-electron chi connectivity index (χ4n) is 1.78. The first-order chi connectivity index (χ1) is 10.1. The summed E-state index contributed by atoms with van der Waals surface area (Å²) in [7, 11) is 0. The van der Waals surface area contributed by atoms with Crippen LogP contribution in [0.4, 0.5) is 0 Å². The molecule has 1 amide bonds. The molecule has 2 rings (SSSR count). The maximum atomic E-state index is 11.7. The minimum Gasteiger partial charge on any atom is -0.350 e. The van der Waals surface area contributed by atoms with E-state index in [4.69, 9.17) is 4.52 Å². The van der Waals surface area contributed by atoms with E-state index in [2.05, 4.69) is 20.4 Å². The summed E-state index contributed by atoms with van der Waals surface area (Å²) in [5.74, 6) is 1.56. The molecule has 0 fully saturated rings. The van der Waals surface area contributed by atoms with Gasteiger partial charge in [0.05, 0.1) is 12.2 Å². The molecule has 0 aromatic carbocycles. The summed E-state index contributed by atoms with van der Waals surface area (Å²) < 4.78 is 5.13. The number of nitrogens with one attached hydrogen (secondary N) is 1. The van der Waals surface area contributed by atoms with Gasteiger partial charge in [-0.25, -0.2) is 0 Å². The number of aromatic nitrogens is 3.